The summed E-state index contributed by atoms with van der Waals surface area (Å²) in [6.45, 7) is 0. The molecule has 2 N–H and O–H groups in total. The van der Waals surface area contributed by atoms with E-state index >= 15 is 0 Å². The van der Waals surface area contributed by atoms with Crippen molar-refractivity contribution >= 4 is 5.97 Å². The minimum Gasteiger partial charge on any atom is -0.478 e. The van der Waals surface area contributed by atoms with Crippen LogP contribution in [0.1, 0.15) is 16.1 Å². The number of hydrogen-bond acceptors (Lipinski definition) is 2. The molecular formula is C14H10F3NO3. The standard InChI is InChI=1S/C14H10F3NO3/c15-14(16,17)7-11-5-10(6-12(19)18-11)8-2-1-3-9(4-8)13(20)21/h1-6H,7H2,(H,18,19)(H,20,21). The van der Waals surface area contributed by atoms with Gasteiger partial charge in [-0.2, -0.15) is 13.2 Å². The van der Waals surface area contributed by atoms with Gasteiger partial charge in [-0.25, -0.2) is 4.79 Å². The average molecular weight is 297 g/mol. The predicted octanol–water partition coefficient (Wildman–Crippen LogP) is 2.84. The SMILES string of the molecule is O=C(O)c1cccc(-c2cc(CC(F)(F)F)[nH]c(=O)c2)c1. The van der Waals surface area contributed by atoms with E-state index in [-0.39, 0.29) is 16.8 Å². The van der Waals surface area contributed by atoms with Crippen molar-refractivity contribution in [2.75, 3.05) is 0 Å². The zero-order valence-corrected chi connectivity index (χ0v) is 10.6. The minimum atomic E-state index is -4.44. The van der Waals surface area contributed by atoms with Gasteiger partial charge < -0.3 is 10.1 Å². The van der Waals surface area contributed by atoms with Gasteiger partial charge in [0.25, 0.3) is 0 Å². The van der Waals surface area contributed by atoms with Gasteiger partial charge >= 0.3 is 12.1 Å². The van der Waals surface area contributed by atoms with Crippen molar-refractivity contribution in [1.82, 2.24) is 4.98 Å². The Bertz CT molecular complexity index is 735. The summed E-state index contributed by atoms with van der Waals surface area (Å²) in [4.78, 5) is 24.5. The fourth-order valence-electron chi connectivity index (χ4n) is 1.91. The van der Waals surface area contributed by atoms with E-state index in [1.54, 1.807) is 0 Å². The van der Waals surface area contributed by atoms with Crippen LogP contribution >= 0.6 is 0 Å². The van der Waals surface area contributed by atoms with Crippen LogP contribution in [0.25, 0.3) is 11.1 Å². The van der Waals surface area contributed by atoms with Crippen LogP contribution in [0.4, 0.5) is 13.2 Å². The largest absolute Gasteiger partial charge is 0.478 e. The molecule has 0 unspecified atom stereocenters. The molecule has 0 saturated heterocycles. The highest BCUT2D eigenvalue weighted by molar-refractivity contribution is 5.89. The maximum Gasteiger partial charge on any atom is 0.394 e. The summed E-state index contributed by atoms with van der Waals surface area (Å²) in [6.07, 6.45) is -5.70. The molecule has 0 spiro atoms. The average Bonchev–Trinajstić information content (AvgIpc) is 2.36. The summed E-state index contributed by atoms with van der Waals surface area (Å²) in [5.74, 6) is -1.16. The van der Waals surface area contributed by atoms with Crippen LogP contribution in [0.2, 0.25) is 0 Å². The quantitative estimate of drug-likeness (QED) is 0.915. The number of H-pyrrole nitrogens is 1. The first-order valence-corrected chi connectivity index (χ1v) is 5.88. The Morgan fingerprint density at radius 2 is 1.86 bits per heavy atom. The number of alkyl halides is 3. The number of carboxylic acids is 1. The molecule has 110 valence electrons. The number of pyridine rings is 1. The number of nitrogens with one attached hydrogen (secondary N) is 1. The van der Waals surface area contributed by atoms with Crippen LogP contribution < -0.4 is 5.56 Å². The molecule has 0 saturated carbocycles. The second kappa shape index (κ2) is 5.43. The van der Waals surface area contributed by atoms with Crippen LogP contribution in [0, 0.1) is 0 Å². The molecule has 2 rings (SSSR count). The van der Waals surface area contributed by atoms with Crippen LogP contribution in [0.3, 0.4) is 0 Å². The molecule has 0 aliphatic heterocycles. The van der Waals surface area contributed by atoms with Gasteiger partial charge in [-0.3, -0.25) is 4.79 Å². The van der Waals surface area contributed by atoms with Gasteiger partial charge in [0.15, 0.2) is 0 Å². The number of hydrogen-bond donors (Lipinski definition) is 2. The van der Waals surface area contributed by atoms with Gasteiger partial charge in [-0.15, -0.1) is 0 Å². The Morgan fingerprint density at radius 3 is 2.48 bits per heavy atom. The topological polar surface area (TPSA) is 70.2 Å². The van der Waals surface area contributed by atoms with E-state index in [0.29, 0.717) is 5.56 Å². The Labute approximate surface area is 116 Å². The number of halogens is 3. The third-order valence-electron chi connectivity index (χ3n) is 2.73. The molecule has 0 aliphatic carbocycles. The highest BCUT2D eigenvalue weighted by Gasteiger charge is 2.28. The summed E-state index contributed by atoms with van der Waals surface area (Å²) in [7, 11) is 0. The molecule has 0 aliphatic rings. The molecule has 2 aromatic rings. The zero-order chi connectivity index (χ0) is 15.6. The third kappa shape index (κ3) is 3.95. The molecule has 1 aromatic heterocycles. The van der Waals surface area contributed by atoms with E-state index in [1.165, 1.54) is 30.3 Å². The third-order valence-corrected chi connectivity index (χ3v) is 2.73. The summed E-state index contributed by atoms with van der Waals surface area (Å²) < 4.78 is 37.1. The zero-order valence-electron chi connectivity index (χ0n) is 10.6. The molecule has 7 heteroatoms. The highest BCUT2D eigenvalue weighted by Crippen LogP contribution is 2.24. The number of rotatable bonds is 3. The Balaban J connectivity index is 2.47. The van der Waals surface area contributed by atoms with Crippen molar-refractivity contribution in [2.24, 2.45) is 0 Å². The molecule has 1 heterocycles. The van der Waals surface area contributed by atoms with E-state index < -0.39 is 24.1 Å². The molecule has 0 fully saturated rings. The molecule has 0 radical (unpaired) electrons. The van der Waals surface area contributed by atoms with Gasteiger partial charge in [-0.1, -0.05) is 12.1 Å². The number of aromatic carboxylic acids is 1. The molecule has 0 bridgehead atoms. The van der Waals surface area contributed by atoms with Crippen LogP contribution in [-0.4, -0.2) is 22.2 Å². The first kappa shape index (κ1) is 14.8. The highest BCUT2D eigenvalue weighted by atomic mass is 19.4. The Morgan fingerprint density at radius 1 is 1.14 bits per heavy atom. The monoisotopic (exact) mass is 297 g/mol. The second-order valence-corrected chi connectivity index (χ2v) is 4.44. The minimum absolute atomic E-state index is 0.00912. The van der Waals surface area contributed by atoms with Crippen molar-refractivity contribution in [1.29, 1.82) is 0 Å². The van der Waals surface area contributed by atoms with Gasteiger partial charge in [0.1, 0.15) is 0 Å². The Hall–Kier alpha value is -2.57. The summed E-state index contributed by atoms with van der Waals surface area (Å²) >= 11 is 0. The molecular weight excluding hydrogens is 287 g/mol. The van der Waals surface area contributed by atoms with Gasteiger partial charge in [0, 0.05) is 11.8 Å². The molecule has 0 amide bonds. The number of aromatic nitrogens is 1. The van der Waals surface area contributed by atoms with Crippen molar-refractivity contribution in [3.8, 4) is 11.1 Å². The van der Waals surface area contributed by atoms with E-state index in [4.69, 9.17) is 5.11 Å². The lowest BCUT2D eigenvalue weighted by Gasteiger charge is -2.08. The summed E-state index contributed by atoms with van der Waals surface area (Å²) in [5.41, 5.74) is -0.353. The predicted molar refractivity (Wildman–Crippen MR) is 69.2 cm³/mol. The maximum atomic E-state index is 12.4. The lowest BCUT2D eigenvalue weighted by molar-refractivity contribution is -0.127. The van der Waals surface area contributed by atoms with Crippen LogP contribution in [-0.2, 0) is 6.42 Å². The van der Waals surface area contributed by atoms with Gasteiger partial charge in [0.05, 0.1) is 12.0 Å². The molecule has 4 nitrogen and oxygen atoms in total. The van der Waals surface area contributed by atoms with E-state index in [9.17, 15) is 22.8 Å². The lowest BCUT2D eigenvalue weighted by atomic mass is 10.0. The Kier molecular flexibility index (Phi) is 3.84. The van der Waals surface area contributed by atoms with Crippen LogP contribution in [0.5, 0.6) is 0 Å². The van der Waals surface area contributed by atoms with Crippen LogP contribution in [0.15, 0.2) is 41.2 Å². The van der Waals surface area contributed by atoms with E-state index in [0.717, 1.165) is 6.07 Å². The second-order valence-electron chi connectivity index (χ2n) is 4.44. The van der Waals surface area contributed by atoms with Gasteiger partial charge in [-0.05, 0) is 29.3 Å². The first-order chi connectivity index (χ1) is 9.74. The molecule has 21 heavy (non-hydrogen) atoms. The fraction of sp³-hybridized carbons (Fsp3) is 0.143. The van der Waals surface area contributed by atoms with E-state index in [2.05, 4.69) is 4.98 Å². The number of carbonyl (C=O) groups is 1. The lowest BCUT2D eigenvalue weighted by Crippen LogP contribution is -2.16. The normalized spacial score (nSPS) is 11.4. The molecule has 1 aromatic carbocycles. The summed E-state index contributed by atoms with van der Waals surface area (Å²) in [5, 5.41) is 8.90. The summed E-state index contributed by atoms with van der Waals surface area (Å²) in [6, 6.07) is 7.96. The van der Waals surface area contributed by atoms with Crippen molar-refractivity contribution < 1.29 is 23.1 Å². The number of benzene rings is 1. The molecule has 0 atom stereocenters. The van der Waals surface area contributed by atoms with E-state index in [1.807, 2.05) is 0 Å². The fourth-order valence-corrected chi connectivity index (χ4v) is 1.91. The van der Waals surface area contributed by atoms with Crippen molar-refractivity contribution in [3.05, 3.63) is 58.0 Å². The first-order valence-electron chi connectivity index (χ1n) is 5.88. The number of carboxylic acid groups (broad SMARTS) is 1. The van der Waals surface area contributed by atoms with Crippen molar-refractivity contribution in [3.63, 3.8) is 0 Å². The van der Waals surface area contributed by atoms with Crippen molar-refractivity contribution in [2.45, 2.75) is 12.6 Å². The maximum absolute atomic E-state index is 12.4. The number of aromatic amines is 1. The smallest absolute Gasteiger partial charge is 0.394 e. The van der Waals surface area contributed by atoms with Gasteiger partial charge in [0.2, 0.25) is 5.56 Å².